The molecule has 1 rings (SSSR count). The van der Waals surface area contributed by atoms with E-state index in [2.05, 4.69) is 0 Å². The molecule has 0 spiro atoms. The van der Waals surface area contributed by atoms with Crippen LogP contribution in [-0.4, -0.2) is 34.4 Å². The molecule has 1 fully saturated rings. The number of carboxylic acid groups (broad SMARTS) is 2. The van der Waals surface area contributed by atoms with E-state index in [1.165, 1.54) is 0 Å². The molecule has 98 valence electrons. The molecule has 1 aliphatic rings. The first-order chi connectivity index (χ1) is 8.08. The average Bonchev–Trinajstić information content (AvgIpc) is 2.63. The van der Waals surface area contributed by atoms with Crippen molar-refractivity contribution in [3.05, 3.63) is 0 Å². The van der Waals surface area contributed by atoms with Crippen LogP contribution >= 0.6 is 0 Å². The van der Waals surface area contributed by atoms with Gasteiger partial charge in [0.25, 0.3) is 0 Å². The van der Waals surface area contributed by atoms with E-state index in [1.807, 2.05) is 0 Å². The van der Waals surface area contributed by atoms with E-state index in [1.54, 1.807) is 0 Å². The summed E-state index contributed by atoms with van der Waals surface area (Å²) in [6, 6.07) is 0. The van der Waals surface area contributed by atoms with Crippen molar-refractivity contribution >= 4 is 11.9 Å². The van der Waals surface area contributed by atoms with E-state index in [9.17, 15) is 9.59 Å². The molecule has 0 aliphatic carbocycles. The molecule has 5 nitrogen and oxygen atoms in total. The van der Waals surface area contributed by atoms with Gasteiger partial charge in [-0.25, -0.2) is 0 Å². The number of hydrogen-bond acceptors (Lipinski definition) is 3. The molecule has 17 heavy (non-hydrogen) atoms. The van der Waals surface area contributed by atoms with E-state index in [-0.39, 0.29) is 25.0 Å². The molecule has 0 amide bonds. The normalized spacial score (nSPS) is 23.8. The van der Waals surface area contributed by atoms with Crippen LogP contribution in [0.25, 0.3) is 0 Å². The molecule has 0 aromatic rings. The van der Waals surface area contributed by atoms with Crippen LogP contribution in [-0.2, 0) is 14.3 Å². The third kappa shape index (κ3) is 6.26. The molecule has 0 bridgehead atoms. The molecular weight excluding hydrogens is 224 g/mol. The van der Waals surface area contributed by atoms with E-state index >= 15 is 0 Å². The third-order valence-corrected chi connectivity index (χ3v) is 3.01. The first-order valence-corrected chi connectivity index (χ1v) is 6.17. The molecule has 1 heterocycles. The minimum atomic E-state index is -0.808. The highest BCUT2D eigenvalue weighted by Crippen LogP contribution is 2.25. The van der Waals surface area contributed by atoms with Crippen molar-refractivity contribution in [2.24, 2.45) is 0 Å². The first kappa shape index (κ1) is 14.0. The van der Waals surface area contributed by atoms with Crippen LogP contribution < -0.4 is 0 Å². The second-order valence-corrected chi connectivity index (χ2v) is 4.55. The lowest BCUT2D eigenvalue weighted by Gasteiger charge is -2.11. The molecule has 1 aliphatic heterocycles. The van der Waals surface area contributed by atoms with Crippen LogP contribution in [0.1, 0.15) is 51.4 Å². The van der Waals surface area contributed by atoms with Crippen LogP contribution in [0.4, 0.5) is 0 Å². The molecule has 2 N–H and O–H groups in total. The van der Waals surface area contributed by atoms with Gasteiger partial charge in [-0.05, 0) is 25.7 Å². The average molecular weight is 244 g/mol. The highest BCUT2D eigenvalue weighted by Gasteiger charge is 2.26. The fourth-order valence-electron chi connectivity index (χ4n) is 2.16. The summed E-state index contributed by atoms with van der Waals surface area (Å²) in [5.74, 6) is -1.55. The van der Waals surface area contributed by atoms with Crippen molar-refractivity contribution in [2.45, 2.75) is 63.6 Å². The monoisotopic (exact) mass is 244 g/mol. The Bertz CT molecular complexity index is 264. The summed E-state index contributed by atoms with van der Waals surface area (Å²) in [6.45, 7) is 0. The number of carbonyl (C=O) groups is 2. The molecule has 0 aromatic heterocycles. The Morgan fingerprint density at radius 1 is 1.00 bits per heavy atom. The highest BCUT2D eigenvalue weighted by atomic mass is 16.5. The van der Waals surface area contributed by atoms with Crippen LogP contribution in [0.5, 0.6) is 0 Å². The third-order valence-electron chi connectivity index (χ3n) is 3.01. The molecular formula is C12H20O5. The first-order valence-electron chi connectivity index (χ1n) is 6.17. The second kappa shape index (κ2) is 7.27. The molecule has 1 saturated heterocycles. The minimum Gasteiger partial charge on any atom is -0.481 e. The molecule has 5 heteroatoms. The quantitative estimate of drug-likeness (QED) is 0.638. The van der Waals surface area contributed by atoms with E-state index in [0.717, 1.165) is 32.1 Å². The van der Waals surface area contributed by atoms with Gasteiger partial charge in [-0.1, -0.05) is 12.8 Å². The van der Waals surface area contributed by atoms with Gasteiger partial charge in [0.15, 0.2) is 0 Å². The number of rotatable bonds is 8. The Balaban J connectivity index is 2.02. The molecule has 0 aromatic carbocycles. The summed E-state index contributed by atoms with van der Waals surface area (Å²) in [7, 11) is 0. The van der Waals surface area contributed by atoms with Gasteiger partial charge >= 0.3 is 11.9 Å². The summed E-state index contributed by atoms with van der Waals surface area (Å²) in [4.78, 5) is 20.8. The summed E-state index contributed by atoms with van der Waals surface area (Å²) in [6.07, 6.45) is 5.59. The lowest BCUT2D eigenvalue weighted by molar-refractivity contribution is -0.140. The van der Waals surface area contributed by atoms with Crippen molar-refractivity contribution in [1.29, 1.82) is 0 Å². The number of ether oxygens (including phenoxy) is 1. The van der Waals surface area contributed by atoms with Gasteiger partial charge in [-0.2, -0.15) is 0 Å². The van der Waals surface area contributed by atoms with Gasteiger partial charge in [-0.15, -0.1) is 0 Å². The smallest absolute Gasteiger partial charge is 0.305 e. The Hall–Kier alpha value is -1.10. The number of carboxylic acids is 2. The van der Waals surface area contributed by atoms with Crippen LogP contribution in [0.2, 0.25) is 0 Å². The van der Waals surface area contributed by atoms with Gasteiger partial charge < -0.3 is 14.9 Å². The zero-order chi connectivity index (χ0) is 12.7. The number of unbranched alkanes of at least 4 members (excludes halogenated alkanes) is 2. The fourth-order valence-corrected chi connectivity index (χ4v) is 2.16. The van der Waals surface area contributed by atoms with Crippen molar-refractivity contribution in [3.63, 3.8) is 0 Å². The van der Waals surface area contributed by atoms with Crippen LogP contribution in [0.3, 0.4) is 0 Å². The van der Waals surface area contributed by atoms with Gasteiger partial charge in [0.2, 0.25) is 0 Å². The molecule has 0 unspecified atom stereocenters. The molecule has 2 atom stereocenters. The Labute approximate surface area is 101 Å². The number of aliphatic carboxylic acids is 2. The predicted octanol–water partition coefficient (Wildman–Crippen LogP) is 2.04. The summed E-state index contributed by atoms with van der Waals surface area (Å²) in [5.41, 5.74) is 0. The second-order valence-electron chi connectivity index (χ2n) is 4.55. The Morgan fingerprint density at radius 2 is 1.71 bits per heavy atom. The zero-order valence-electron chi connectivity index (χ0n) is 9.93. The summed E-state index contributed by atoms with van der Waals surface area (Å²) >= 11 is 0. The van der Waals surface area contributed by atoms with Gasteiger partial charge in [0.1, 0.15) is 0 Å². The maximum Gasteiger partial charge on any atom is 0.305 e. The van der Waals surface area contributed by atoms with Crippen LogP contribution in [0.15, 0.2) is 0 Å². The topological polar surface area (TPSA) is 83.8 Å². The van der Waals surface area contributed by atoms with Crippen molar-refractivity contribution in [3.8, 4) is 0 Å². The van der Waals surface area contributed by atoms with Crippen LogP contribution in [0, 0.1) is 0 Å². The summed E-state index contributed by atoms with van der Waals surface area (Å²) in [5, 5.41) is 17.1. The van der Waals surface area contributed by atoms with Crippen molar-refractivity contribution in [2.75, 3.05) is 0 Å². The lowest BCUT2D eigenvalue weighted by atomic mass is 10.1. The Morgan fingerprint density at radius 3 is 2.35 bits per heavy atom. The maximum atomic E-state index is 10.5. The van der Waals surface area contributed by atoms with Crippen molar-refractivity contribution < 1.29 is 24.5 Å². The minimum absolute atomic E-state index is 0.0928. The van der Waals surface area contributed by atoms with E-state index < -0.39 is 11.9 Å². The van der Waals surface area contributed by atoms with Gasteiger partial charge in [0, 0.05) is 6.42 Å². The van der Waals surface area contributed by atoms with E-state index in [0.29, 0.717) is 6.42 Å². The van der Waals surface area contributed by atoms with Gasteiger partial charge in [-0.3, -0.25) is 9.59 Å². The summed E-state index contributed by atoms with van der Waals surface area (Å²) < 4.78 is 5.60. The predicted molar refractivity (Wildman–Crippen MR) is 60.9 cm³/mol. The number of hydrogen-bond donors (Lipinski definition) is 2. The Kier molecular flexibility index (Phi) is 5.97. The standard InChI is InChI=1S/C12H20O5/c13-11(14)5-3-1-2-4-9-6-7-10(17-9)8-12(15)16/h9-10H,1-8H2,(H,13,14)(H,15,16)/t9-,10-/m0/s1. The molecule has 0 radical (unpaired) electrons. The molecule has 0 saturated carbocycles. The van der Waals surface area contributed by atoms with E-state index in [4.69, 9.17) is 14.9 Å². The lowest BCUT2D eigenvalue weighted by Crippen LogP contribution is -2.14. The maximum absolute atomic E-state index is 10.5. The largest absolute Gasteiger partial charge is 0.481 e. The SMILES string of the molecule is O=C(O)CCCCC[C@H]1CC[C@@H](CC(=O)O)O1. The van der Waals surface area contributed by atoms with Gasteiger partial charge in [0.05, 0.1) is 18.6 Å². The zero-order valence-corrected chi connectivity index (χ0v) is 9.93. The highest BCUT2D eigenvalue weighted by molar-refractivity contribution is 5.67. The fraction of sp³-hybridized carbons (Fsp3) is 0.833. The van der Waals surface area contributed by atoms with Crippen molar-refractivity contribution in [1.82, 2.24) is 0 Å².